The van der Waals surface area contributed by atoms with Gasteiger partial charge in [0.05, 0.1) is 12.2 Å². The van der Waals surface area contributed by atoms with Crippen LogP contribution in [0.1, 0.15) is 13.8 Å². The molecule has 0 spiro atoms. The first-order chi connectivity index (χ1) is 9.08. The lowest BCUT2D eigenvalue weighted by molar-refractivity contribution is -0.119. The molecule has 1 aromatic carbocycles. The third-order valence-corrected chi connectivity index (χ3v) is 3.12. The standard InChI is InChI=1S/C14H18N4O.2ClH/c1-10(11(2)15)14(19)17-12-4-3-5-13(8-12)18-7-6-16-9-18;;/h3-11H,15H2,1-2H3,(H,17,19);2*1H. The van der Waals surface area contributed by atoms with E-state index in [9.17, 15) is 4.79 Å². The Balaban J connectivity index is 0.00000200. The Morgan fingerprint density at radius 3 is 2.62 bits per heavy atom. The average molecular weight is 331 g/mol. The number of hydrogen-bond acceptors (Lipinski definition) is 3. The van der Waals surface area contributed by atoms with Crippen LogP contribution in [-0.2, 0) is 4.79 Å². The van der Waals surface area contributed by atoms with Crippen molar-refractivity contribution in [2.45, 2.75) is 19.9 Å². The lowest BCUT2D eigenvalue weighted by atomic mass is 10.0. The van der Waals surface area contributed by atoms with Crippen molar-refractivity contribution in [2.75, 3.05) is 5.32 Å². The fraction of sp³-hybridized carbons (Fsp3) is 0.286. The van der Waals surface area contributed by atoms with Crippen LogP contribution in [0.3, 0.4) is 0 Å². The molecule has 0 saturated carbocycles. The zero-order chi connectivity index (χ0) is 13.8. The molecule has 2 atom stereocenters. The largest absolute Gasteiger partial charge is 0.327 e. The first-order valence-corrected chi connectivity index (χ1v) is 6.23. The molecule has 1 aromatic heterocycles. The first kappa shape index (κ1) is 19.4. The monoisotopic (exact) mass is 330 g/mol. The minimum absolute atomic E-state index is 0. The van der Waals surface area contributed by atoms with Crippen LogP contribution in [-0.4, -0.2) is 21.5 Å². The number of imidazole rings is 1. The molecule has 0 radical (unpaired) electrons. The molecule has 7 heteroatoms. The lowest BCUT2D eigenvalue weighted by Gasteiger charge is -2.15. The van der Waals surface area contributed by atoms with E-state index in [1.807, 2.05) is 48.9 Å². The van der Waals surface area contributed by atoms with Crippen LogP contribution in [0.4, 0.5) is 5.69 Å². The average Bonchev–Trinajstić information content (AvgIpc) is 2.91. The molecule has 0 aliphatic rings. The third kappa shape index (κ3) is 5.04. The van der Waals surface area contributed by atoms with Crippen LogP contribution in [0, 0.1) is 5.92 Å². The van der Waals surface area contributed by atoms with E-state index in [0.29, 0.717) is 0 Å². The summed E-state index contributed by atoms with van der Waals surface area (Å²) in [5.74, 6) is -0.297. The highest BCUT2D eigenvalue weighted by molar-refractivity contribution is 5.93. The van der Waals surface area contributed by atoms with E-state index in [1.165, 1.54) is 0 Å². The van der Waals surface area contributed by atoms with Crippen LogP contribution in [0.2, 0.25) is 0 Å². The van der Waals surface area contributed by atoms with Crippen molar-refractivity contribution in [2.24, 2.45) is 11.7 Å². The number of nitrogens with zero attached hydrogens (tertiary/aromatic N) is 2. The Bertz CT molecular complexity index is 558. The Labute approximate surface area is 136 Å². The van der Waals surface area contributed by atoms with E-state index in [2.05, 4.69) is 10.3 Å². The van der Waals surface area contributed by atoms with Crippen molar-refractivity contribution in [3.63, 3.8) is 0 Å². The summed E-state index contributed by atoms with van der Waals surface area (Å²) >= 11 is 0. The predicted molar refractivity (Wildman–Crippen MR) is 89.5 cm³/mol. The molecule has 116 valence electrons. The highest BCUT2D eigenvalue weighted by atomic mass is 35.5. The van der Waals surface area contributed by atoms with E-state index in [4.69, 9.17) is 5.73 Å². The maximum absolute atomic E-state index is 11.9. The summed E-state index contributed by atoms with van der Waals surface area (Å²) < 4.78 is 1.88. The van der Waals surface area contributed by atoms with Crippen molar-refractivity contribution in [3.05, 3.63) is 43.0 Å². The van der Waals surface area contributed by atoms with E-state index in [0.717, 1.165) is 11.4 Å². The van der Waals surface area contributed by atoms with Gasteiger partial charge in [0.2, 0.25) is 5.91 Å². The number of carbonyl (C=O) groups excluding carboxylic acids is 1. The number of nitrogens with two attached hydrogens (primary N) is 1. The summed E-state index contributed by atoms with van der Waals surface area (Å²) in [6.07, 6.45) is 5.28. The summed E-state index contributed by atoms with van der Waals surface area (Å²) in [7, 11) is 0. The molecular formula is C14H20Cl2N4O. The Morgan fingerprint density at radius 1 is 1.33 bits per heavy atom. The highest BCUT2D eigenvalue weighted by Crippen LogP contribution is 2.15. The maximum atomic E-state index is 11.9. The molecule has 0 bridgehead atoms. The molecule has 2 rings (SSSR count). The maximum Gasteiger partial charge on any atom is 0.228 e. The van der Waals surface area contributed by atoms with Gasteiger partial charge < -0.3 is 15.6 Å². The highest BCUT2D eigenvalue weighted by Gasteiger charge is 2.17. The number of rotatable bonds is 4. The quantitative estimate of drug-likeness (QED) is 0.905. The number of aromatic nitrogens is 2. The van der Waals surface area contributed by atoms with Gasteiger partial charge in [0, 0.05) is 29.8 Å². The molecule has 0 fully saturated rings. The van der Waals surface area contributed by atoms with Gasteiger partial charge in [-0.1, -0.05) is 13.0 Å². The topological polar surface area (TPSA) is 72.9 Å². The first-order valence-electron chi connectivity index (χ1n) is 6.23. The molecule has 0 saturated heterocycles. The van der Waals surface area contributed by atoms with Crippen LogP contribution >= 0.6 is 24.8 Å². The van der Waals surface area contributed by atoms with Gasteiger partial charge in [-0.05, 0) is 25.1 Å². The van der Waals surface area contributed by atoms with Gasteiger partial charge >= 0.3 is 0 Å². The normalized spacial score (nSPS) is 12.5. The van der Waals surface area contributed by atoms with Crippen molar-refractivity contribution in [1.82, 2.24) is 9.55 Å². The van der Waals surface area contributed by atoms with Gasteiger partial charge in [0.1, 0.15) is 0 Å². The smallest absolute Gasteiger partial charge is 0.228 e. The molecule has 5 nitrogen and oxygen atoms in total. The minimum atomic E-state index is -0.225. The summed E-state index contributed by atoms with van der Waals surface area (Å²) in [5, 5.41) is 2.87. The molecule has 2 unspecified atom stereocenters. The fourth-order valence-electron chi connectivity index (χ4n) is 1.65. The molecule has 2 aromatic rings. The third-order valence-electron chi connectivity index (χ3n) is 3.12. The van der Waals surface area contributed by atoms with Gasteiger partial charge in [0.15, 0.2) is 0 Å². The van der Waals surface area contributed by atoms with Gasteiger partial charge in [-0.25, -0.2) is 4.98 Å². The van der Waals surface area contributed by atoms with Crippen molar-refractivity contribution < 1.29 is 4.79 Å². The molecule has 1 heterocycles. The van der Waals surface area contributed by atoms with Gasteiger partial charge in [0.25, 0.3) is 0 Å². The summed E-state index contributed by atoms with van der Waals surface area (Å²) in [4.78, 5) is 15.9. The van der Waals surface area contributed by atoms with Crippen LogP contribution in [0.25, 0.3) is 5.69 Å². The molecule has 21 heavy (non-hydrogen) atoms. The Morgan fingerprint density at radius 2 is 2.05 bits per heavy atom. The number of hydrogen-bond donors (Lipinski definition) is 2. The fourth-order valence-corrected chi connectivity index (χ4v) is 1.65. The number of anilines is 1. The van der Waals surface area contributed by atoms with Gasteiger partial charge in [-0.2, -0.15) is 0 Å². The van der Waals surface area contributed by atoms with Crippen molar-refractivity contribution in [1.29, 1.82) is 0 Å². The number of halogens is 2. The molecule has 0 aliphatic carbocycles. The van der Waals surface area contributed by atoms with E-state index in [-0.39, 0.29) is 42.7 Å². The van der Waals surface area contributed by atoms with Crippen molar-refractivity contribution in [3.8, 4) is 5.69 Å². The Kier molecular flexibility index (Phi) is 8.02. The van der Waals surface area contributed by atoms with Crippen LogP contribution < -0.4 is 11.1 Å². The number of nitrogens with one attached hydrogen (secondary N) is 1. The zero-order valence-corrected chi connectivity index (χ0v) is 13.5. The zero-order valence-electron chi connectivity index (χ0n) is 11.9. The van der Waals surface area contributed by atoms with Crippen LogP contribution in [0.15, 0.2) is 43.0 Å². The molecular weight excluding hydrogens is 311 g/mol. The number of amides is 1. The van der Waals surface area contributed by atoms with Gasteiger partial charge in [-0.3, -0.25) is 4.79 Å². The lowest BCUT2D eigenvalue weighted by Crippen LogP contribution is -2.34. The van der Waals surface area contributed by atoms with Crippen LogP contribution in [0.5, 0.6) is 0 Å². The summed E-state index contributed by atoms with van der Waals surface area (Å²) in [6, 6.07) is 7.42. The molecule has 3 N–H and O–H groups in total. The van der Waals surface area contributed by atoms with E-state index < -0.39 is 0 Å². The Hall–Kier alpha value is -1.56. The van der Waals surface area contributed by atoms with E-state index in [1.54, 1.807) is 12.5 Å². The molecule has 0 aliphatic heterocycles. The SMILES string of the molecule is CC(N)C(C)C(=O)Nc1cccc(-n2ccnc2)c1.Cl.Cl. The second-order valence-electron chi connectivity index (χ2n) is 4.66. The minimum Gasteiger partial charge on any atom is -0.327 e. The predicted octanol–water partition coefficient (Wildman–Crippen LogP) is 2.64. The number of benzene rings is 1. The van der Waals surface area contributed by atoms with Gasteiger partial charge in [-0.15, -0.1) is 24.8 Å². The second-order valence-corrected chi connectivity index (χ2v) is 4.66. The summed E-state index contributed by atoms with van der Waals surface area (Å²) in [5.41, 5.74) is 7.43. The molecule has 1 amide bonds. The van der Waals surface area contributed by atoms with Crippen molar-refractivity contribution >= 4 is 36.4 Å². The second kappa shape index (κ2) is 8.67. The number of carbonyl (C=O) groups is 1. The van der Waals surface area contributed by atoms with E-state index >= 15 is 0 Å². The summed E-state index contributed by atoms with van der Waals surface area (Å²) in [6.45, 7) is 3.64.